The molecular weight excluding hydrogens is 300 g/mol. The second-order valence-electron chi connectivity index (χ2n) is 6.17. The standard InChI is InChI=1S/C20H24N2O2/c1-17-6-8-19(9-7-17)22-12-10-21(11-13-22)14-15-24-20-5-3-2-4-18(20)16-23/h2-9,16H,10-15H2,1H3. The fraction of sp³-hybridized carbons (Fsp3) is 0.350. The van der Waals surface area contributed by atoms with Gasteiger partial charge in [-0.05, 0) is 31.2 Å². The lowest BCUT2D eigenvalue weighted by atomic mass is 10.2. The zero-order valence-electron chi connectivity index (χ0n) is 14.1. The summed E-state index contributed by atoms with van der Waals surface area (Å²) in [4.78, 5) is 15.8. The number of carbonyl (C=O) groups is 1. The molecule has 0 bridgehead atoms. The molecule has 24 heavy (non-hydrogen) atoms. The third-order valence-electron chi connectivity index (χ3n) is 4.48. The van der Waals surface area contributed by atoms with E-state index in [0.29, 0.717) is 17.9 Å². The van der Waals surface area contributed by atoms with E-state index in [1.807, 2.05) is 18.2 Å². The second kappa shape index (κ2) is 7.97. The van der Waals surface area contributed by atoms with Gasteiger partial charge in [-0.15, -0.1) is 0 Å². The van der Waals surface area contributed by atoms with Crippen LogP contribution in [0.2, 0.25) is 0 Å². The number of rotatable bonds is 6. The van der Waals surface area contributed by atoms with Crippen LogP contribution in [0.5, 0.6) is 5.75 Å². The van der Waals surface area contributed by atoms with Crippen molar-refractivity contribution in [3.63, 3.8) is 0 Å². The predicted molar refractivity (Wildman–Crippen MR) is 97.2 cm³/mol. The van der Waals surface area contributed by atoms with Crippen molar-refractivity contribution in [3.05, 3.63) is 59.7 Å². The van der Waals surface area contributed by atoms with Gasteiger partial charge >= 0.3 is 0 Å². The van der Waals surface area contributed by atoms with E-state index in [9.17, 15) is 4.79 Å². The SMILES string of the molecule is Cc1ccc(N2CCN(CCOc3ccccc3C=O)CC2)cc1. The molecule has 1 aliphatic rings. The number of benzene rings is 2. The summed E-state index contributed by atoms with van der Waals surface area (Å²) >= 11 is 0. The molecule has 4 heteroatoms. The smallest absolute Gasteiger partial charge is 0.153 e. The number of ether oxygens (including phenoxy) is 1. The Morgan fingerprint density at radius 2 is 1.71 bits per heavy atom. The van der Waals surface area contributed by atoms with Gasteiger partial charge in [0.25, 0.3) is 0 Å². The molecule has 1 aliphatic heterocycles. The third-order valence-corrected chi connectivity index (χ3v) is 4.48. The first-order chi connectivity index (χ1) is 11.8. The van der Waals surface area contributed by atoms with Crippen LogP contribution in [0.1, 0.15) is 15.9 Å². The summed E-state index contributed by atoms with van der Waals surface area (Å²) in [6.07, 6.45) is 0.843. The molecule has 0 aromatic heterocycles. The van der Waals surface area contributed by atoms with Crippen molar-refractivity contribution in [2.45, 2.75) is 6.92 Å². The molecule has 0 radical (unpaired) electrons. The summed E-state index contributed by atoms with van der Waals surface area (Å²) < 4.78 is 5.77. The second-order valence-corrected chi connectivity index (χ2v) is 6.17. The number of carbonyl (C=O) groups excluding carboxylic acids is 1. The highest BCUT2D eigenvalue weighted by Crippen LogP contribution is 2.18. The topological polar surface area (TPSA) is 32.8 Å². The Morgan fingerprint density at radius 1 is 1.00 bits per heavy atom. The summed E-state index contributed by atoms with van der Waals surface area (Å²) in [7, 11) is 0. The molecule has 2 aromatic carbocycles. The van der Waals surface area contributed by atoms with E-state index in [4.69, 9.17) is 4.74 Å². The average Bonchev–Trinajstić information content (AvgIpc) is 2.63. The number of aldehydes is 1. The fourth-order valence-electron chi connectivity index (χ4n) is 2.98. The molecule has 1 saturated heterocycles. The molecule has 0 aliphatic carbocycles. The molecule has 126 valence electrons. The van der Waals surface area contributed by atoms with Gasteiger partial charge in [0, 0.05) is 38.4 Å². The van der Waals surface area contributed by atoms with Crippen LogP contribution in [0.25, 0.3) is 0 Å². The first-order valence-electron chi connectivity index (χ1n) is 8.47. The van der Waals surface area contributed by atoms with Crippen LogP contribution in [-0.4, -0.2) is 50.5 Å². The van der Waals surface area contributed by atoms with E-state index in [-0.39, 0.29) is 0 Å². The van der Waals surface area contributed by atoms with Gasteiger partial charge in [0.15, 0.2) is 6.29 Å². The highest BCUT2D eigenvalue weighted by atomic mass is 16.5. The fourth-order valence-corrected chi connectivity index (χ4v) is 2.98. The van der Waals surface area contributed by atoms with Crippen LogP contribution >= 0.6 is 0 Å². The Morgan fingerprint density at radius 3 is 2.42 bits per heavy atom. The molecule has 0 amide bonds. The molecule has 1 heterocycles. The molecule has 2 aromatic rings. The highest BCUT2D eigenvalue weighted by molar-refractivity contribution is 5.79. The molecule has 4 nitrogen and oxygen atoms in total. The lowest BCUT2D eigenvalue weighted by Crippen LogP contribution is -2.47. The molecule has 0 unspecified atom stereocenters. The zero-order chi connectivity index (χ0) is 16.8. The van der Waals surface area contributed by atoms with E-state index >= 15 is 0 Å². The molecular formula is C20H24N2O2. The van der Waals surface area contributed by atoms with E-state index in [2.05, 4.69) is 41.0 Å². The van der Waals surface area contributed by atoms with Gasteiger partial charge in [-0.3, -0.25) is 9.69 Å². The zero-order valence-corrected chi connectivity index (χ0v) is 14.1. The Bertz CT molecular complexity index is 662. The van der Waals surface area contributed by atoms with E-state index in [0.717, 1.165) is 39.0 Å². The summed E-state index contributed by atoms with van der Waals surface area (Å²) in [5, 5.41) is 0. The van der Waals surface area contributed by atoms with Crippen molar-refractivity contribution < 1.29 is 9.53 Å². The van der Waals surface area contributed by atoms with Crippen molar-refractivity contribution in [2.24, 2.45) is 0 Å². The number of para-hydroxylation sites is 1. The van der Waals surface area contributed by atoms with Gasteiger partial charge in [-0.2, -0.15) is 0 Å². The summed E-state index contributed by atoms with van der Waals surface area (Å²) in [6, 6.07) is 16.1. The molecule has 0 spiro atoms. The van der Waals surface area contributed by atoms with Gasteiger partial charge in [0.05, 0.1) is 5.56 Å². The van der Waals surface area contributed by atoms with Gasteiger partial charge in [0.2, 0.25) is 0 Å². The van der Waals surface area contributed by atoms with Crippen LogP contribution in [0, 0.1) is 6.92 Å². The van der Waals surface area contributed by atoms with Crippen LogP contribution in [0.4, 0.5) is 5.69 Å². The Labute approximate surface area is 143 Å². The van der Waals surface area contributed by atoms with Crippen LogP contribution in [0.15, 0.2) is 48.5 Å². The third kappa shape index (κ3) is 4.15. The van der Waals surface area contributed by atoms with Crippen molar-refractivity contribution in [1.29, 1.82) is 0 Å². The first kappa shape index (κ1) is 16.5. The van der Waals surface area contributed by atoms with E-state index in [1.54, 1.807) is 6.07 Å². The maximum atomic E-state index is 11.0. The Hall–Kier alpha value is -2.33. The number of hydrogen-bond acceptors (Lipinski definition) is 4. The summed E-state index contributed by atoms with van der Waals surface area (Å²) in [6.45, 7) is 7.75. The minimum absolute atomic E-state index is 0.607. The first-order valence-corrected chi connectivity index (χ1v) is 8.47. The van der Waals surface area contributed by atoms with Crippen molar-refractivity contribution in [2.75, 3.05) is 44.2 Å². The van der Waals surface area contributed by atoms with Crippen LogP contribution in [0.3, 0.4) is 0 Å². The number of nitrogens with zero attached hydrogens (tertiary/aromatic N) is 2. The molecule has 1 fully saturated rings. The number of anilines is 1. The minimum Gasteiger partial charge on any atom is -0.492 e. The van der Waals surface area contributed by atoms with E-state index < -0.39 is 0 Å². The normalized spacial score (nSPS) is 15.3. The number of aryl methyl sites for hydroxylation is 1. The van der Waals surface area contributed by atoms with Crippen molar-refractivity contribution in [3.8, 4) is 5.75 Å². The Balaban J connectivity index is 1.44. The molecule has 0 atom stereocenters. The van der Waals surface area contributed by atoms with Crippen molar-refractivity contribution >= 4 is 12.0 Å². The van der Waals surface area contributed by atoms with Gasteiger partial charge < -0.3 is 9.64 Å². The predicted octanol–water partition coefficient (Wildman–Crippen LogP) is 3.01. The van der Waals surface area contributed by atoms with E-state index in [1.165, 1.54) is 11.3 Å². The van der Waals surface area contributed by atoms with Crippen LogP contribution < -0.4 is 9.64 Å². The largest absolute Gasteiger partial charge is 0.492 e. The average molecular weight is 324 g/mol. The molecule has 0 saturated carbocycles. The highest BCUT2D eigenvalue weighted by Gasteiger charge is 2.17. The summed E-state index contributed by atoms with van der Waals surface area (Å²) in [5.74, 6) is 0.672. The lowest BCUT2D eigenvalue weighted by Gasteiger charge is -2.36. The quantitative estimate of drug-likeness (QED) is 0.765. The monoisotopic (exact) mass is 324 g/mol. The van der Waals surface area contributed by atoms with Crippen molar-refractivity contribution in [1.82, 2.24) is 4.90 Å². The maximum absolute atomic E-state index is 11.0. The minimum atomic E-state index is 0.607. The molecule has 0 N–H and O–H groups in total. The number of hydrogen-bond donors (Lipinski definition) is 0. The molecule has 3 rings (SSSR count). The van der Waals surface area contributed by atoms with Gasteiger partial charge in [-0.1, -0.05) is 29.8 Å². The number of piperazine rings is 1. The van der Waals surface area contributed by atoms with Gasteiger partial charge in [-0.25, -0.2) is 0 Å². The maximum Gasteiger partial charge on any atom is 0.153 e. The van der Waals surface area contributed by atoms with Gasteiger partial charge in [0.1, 0.15) is 12.4 Å². The summed E-state index contributed by atoms with van der Waals surface area (Å²) in [5.41, 5.74) is 3.21. The lowest BCUT2D eigenvalue weighted by molar-refractivity contribution is 0.111. The Kier molecular flexibility index (Phi) is 5.49. The van der Waals surface area contributed by atoms with Crippen LogP contribution in [-0.2, 0) is 0 Å².